The van der Waals surface area contributed by atoms with Gasteiger partial charge >= 0.3 is 0 Å². The van der Waals surface area contributed by atoms with Gasteiger partial charge in [-0.25, -0.2) is 0 Å². The maximum atomic E-state index is 13.2. The van der Waals surface area contributed by atoms with E-state index in [9.17, 15) is 4.79 Å². The number of rotatable bonds is 6. The number of halogens is 1. The quantitative estimate of drug-likeness (QED) is 0.474. The molecule has 0 bridgehead atoms. The Morgan fingerprint density at radius 1 is 0.786 bits per heavy atom. The molecule has 0 saturated heterocycles. The number of benzene rings is 2. The Bertz CT molecular complexity index is 1090. The highest BCUT2D eigenvalue weighted by Gasteiger charge is 2.24. The second-order valence-corrected chi connectivity index (χ2v) is 6.74. The lowest BCUT2D eigenvalue weighted by Gasteiger charge is -2.15. The monoisotopic (exact) mass is 498 g/mol. The fraction of sp³-hybridized carbons (Fsp3) is 0.250. The molecule has 28 heavy (non-hydrogen) atoms. The average molecular weight is 498 g/mol. The zero-order valence-corrected chi connectivity index (χ0v) is 18.2. The van der Waals surface area contributed by atoms with E-state index in [1.165, 1.54) is 21.3 Å². The highest BCUT2D eigenvalue weighted by Crippen LogP contribution is 2.41. The Morgan fingerprint density at radius 3 is 2.00 bits per heavy atom. The molecule has 8 heteroatoms. The van der Waals surface area contributed by atoms with Gasteiger partial charge in [-0.15, -0.1) is 0 Å². The molecule has 0 aliphatic rings. The molecule has 7 nitrogen and oxygen atoms in total. The number of ether oxygens (including phenoxy) is 5. The van der Waals surface area contributed by atoms with Gasteiger partial charge in [0.1, 0.15) is 16.7 Å². The van der Waals surface area contributed by atoms with E-state index in [2.05, 4.69) is 22.6 Å². The summed E-state index contributed by atoms with van der Waals surface area (Å²) in [6.45, 7) is 0. The zero-order valence-electron chi connectivity index (χ0n) is 16.0. The second kappa shape index (κ2) is 8.17. The van der Waals surface area contributed by atoms with Gasteiger partial charge in [0.15, 0.2) is 23.0 Å². The first-order valence-corrected chi connectivity index (χ1v) is 9.26. The Labute approximate surface area is 175 Å². The molecule has 3 aromatic rings. The Balaban J connectivity index is 2.39. The molecule has 0 atom stereocenters. The van der Waals surface area contributed by atoms with Crippen molar-refractivity contribution in [2.45, 2.75) is 0 Å². The van der Waals surface area contributed by atoms with Gasteiger partial charge in [-0.2, -0.15) is 0 Å². The molecule has 0 spiro atoms. The van der Waals surface area contributed by atoms with Crippen molar-refractivity contribution >= 4 is 33.6 Å². The van der Waals surface area contributed by atoms with Crippen molar-refractivity contribution in [1.29, 1.82) is 0 Å². The van der Waals surface area contributed by atoms with Crippen LogP contribution < -0.4 is 29.1 Å². The fourth-order valence-corrected chi connectivity index (χ4v) is 3.82. The van der Waals surface area contributed by atoms with Crippen LogP contribution in [0.15, 0.2) is 33.5 Å². The van der Waals surface area contributed by atoms with E-state index in [4.69, 9.17) is 28.1 Å². The summed E-state index contributed by atoms with van der Waals surface area (Å²) in [7, 11) is 7.54. The summed E-state index contributed by atoms with van der Waals surface area (Å²) < 4.78 is 33.6. The minimum absolute atomic E-state index is 0.0685. The van der Waals surface area contributed by atoms with E-state index in [-0.39, 0.29) is 22.3 Å². The van der Waals surface area contributed by atoms with Gasteiger partial charge in [0.05, 0.1) is 39.1 Å². The van der Waals surface area contributed by atoms with Crippen LogP contribution in [0.4, 0.5) is 0 Å². The van der Waals surface area contributed by atoms with Crippen molar-refractivity contribution in [3.8, 4) is 40.1 Å². The van der Waals surface area contributed by atoms with Crippen LogP contribution in [0.25, 0.3) is 22.3 Å². The highest BCUT2D eigenvalue weighted by molar-refractivity contribution is 14.1. The van der Waals surface area contributed by atoms with Crippen molar-refractivity contribution in [2.24, 2.45) is 0 Å². The number of methoxy groups -OCH3 is 5. The number of hydrogen-bond donors (Lipinski definition) is 0. The van der Waals surface area contributed by atoms with Crippen LogP contribution in [0.5, 0.6) is 28.7 Å². The van der Waals surface area contributed by atoms with E-state index in [1.807, 2.05) is 0 Å². The molecular formula is C20H19IO7. The Kier molecular flexibility index (Phi) is 5.87. The minimum atomic E-state index is -0.342. The topological polar surface area (TPSA) is 76.4 Å². The summed E-state index contributed by atoms with van der Waals surface area (Å²) in [6.07, 6.45) is 0. The van der Waals surface area contributed by atoms with Crippen LogP contribution in [-0.4, -0.2) is 35.5 Å². The van der Waals surface area contributed by atoms with Crippen LogP contribution in [0.3, 0.4) is 0 Å². The Hall–Kier alpha value is -2.62. The molecule has 0 aliphatic heterocycles. The van der Waals surface area contributed by atoms with E-state index in [0.29, 0.717) is 37.7 Å². The molecule has 0 aliphatic carbocycles. The maximum absolute atomic E-state index is 13.2. The third kappa shape index (κ3) is 3.21. The van der Waals surface area contributed by atoms with Crippen molar-refractivity contribution in [3.05, 3.63) is 38.1 Å². The van der Waals surface area contributed by atoms with Crippen LogP contribution in [0, 0.1) is 3.57 Å². The smallest absolute Gasteiger partial charge is 0.239 e. The lowest BCUT2D eigenvalue weighted by Crippen LogP contribution is -2.10. The molecule has 0 amide bonds. The number of hydrogen-bond acceptors (Lipinski definition) is 7. The predicted molar refractivity (Wildman–Crippen MR) is 113 cm³/mol. The molecule has 2 aromatic carbocycles. The summed E-state index contributed by atoms with van der Waals surface area (Å²) in [5.41, 5.74) is 0.584. The van der Waals surface area contributed by atoms with Crippen LogP contribution in [0.2, 0.25) is 0 Å². The van der Waals surface area contributed by atoms with Crippen molar-refractivity contribution in [2.75, 3.05) is 35.5 Å². The summed E-state index contributed by atoms with van der Waals surface area (Å²) in [5.74, 6) is 2.32. The third-order valence-electron chi connectivity index (χ3n) is 4.28. The summed E-state index contributed by atoms with van der Waals surface area (Å²) in [6, 6.07) is 6.86. The first-order valence-electron chi connectivity index (χ1n) is 8.18. The van der Waals surface area contributed by atoms with Gasteiger partial charge in [0.2, 0.25) is 11.2 Å². The highest BCUT2D eigenvalue weighted by atomic mass is 127. The van der Waals surface area contributed by atoms with Crippen LogP contribution >= 0.6 is 22.6 Å². The largest absolute Gasteiger partial charge is 0.495 e. The van der Waals surface area contributed by atoms with E-state index in [0.717, 1.165) is 0 Å². The first-order chi connectivity index (χ1) is 13.5. The lowest BCUT2D eigenvalue weighted by atomic mass is 10.1. The first kappa shape index (κ1) is 20.1. The van der Waals surface area contributed by atoms with Gasteiger partial charge < -0.3 is 28.1 Å². The fourth-order valence-electron chi connectivity index (χ4n) is 2.95. The van der Waals surface area contributed by atoms with Gasteiger partial charge in [-0.05, 0) is 40.8 Å². The minimum Gasteiger partial charge on any atom is -0.495 e. The summed E-state index contributed by atoms with van der Waals surface area (Å²) in [5, 5.41) is 0.286. The van der Waals surface area contributed by atoms with Crippen molar-refractivity contribution in [3.63, 3.8) is 0 Å². The van der Waals surface area contributed by atoms with Gasteiger partial charge in [0.25, 0.3) is 0 Å². The Morgan fingerprint density at radius 2 is 1.43 bits per heavy atom. The lowest BCUT2D eigenvalue weighted by molar-refractivity contribution is 0.355. The van der Waals surface area contributed by atoms with Gasteiger partial charge in [-0.1, -0.05) is 0 Å². The number of fused-ring (bicyclic) bond motifs is 1. The molecule has 1 aromatic heterocycles. The zero-order chi connectivity index (χ0) is 20.4. The van der Waals surface area contributed by atoms with E-state index in [1.54, 1.807) is 38.5 Å². The van der Waals surface area contributed by atoms with Crippen molar-refractivity contribution < 1.29 is 28.1 Å². The third-order valence-corrected chi connectivity index (χ3v) is 5.30. The van der Waals surface area contributed by atoms with Crippen molar-refractivity contribution in [1.82, 2.24) is 0 Å². The molecule has 3 rings (SSSR count). The standard InChI is InChI=1S/C20H19IO7/c1-23-11-7-6-10(8-12(11)24-2)18-20(27-5)17(22)15-13(28-18)9-14(25-3)16(21)19(15)26-4/h6-9H,1-5H3. The predicted octanol–water partition coefficient (Wildman–Crippen LogP) is 4.11. The molecule has 0 N–H and O–H groups in total. The van der Waals surface area contributed by atoms with Crippen LogP contribution in [-0.2, 0) is 0 Å². The van der Waals surface area contributed by atoms with E-state index >= 15 is 0 Å². The second-order valence-electron chi connectivity index (χ2n) is 5.66. The maximum Gasteiger partial charge on any atom is 0.239 e. The molecule has 0 fully saturated rings. The molecular weight excluding hydrogens is 479 g/mol. The van der Waals surface area contributed by atoms with Crippen LogP contribution in [0.1, 0.15) is 0 Å². The van der Waals surface area contributed by atoms with E-state index < -0.39 is 0 Å². The van der Waals surface area contributed by atoms with Gasteiger partial charge in [0, 0.05) is 11.6 Å². The summed E-state index contributed by atoms with van der Waals surface area (Å²) in [4.78, 5) is 13.2. The molecule has 0 radical (unpaired) electrons. The molecule has 0 unspecified atom stereocenters. The SMILES string of the molecule is COc1ccc(-c2oc3cc(OC)c(I)c(OC)c3c(=O)c2OC)cc1OC. The van der Waals surface area contributed by atoms with Gasteiger partial charge in [-0.3, -0.25) is 4.79 Å². The molecule has 1 heterocycles. The summed E-state index contributed by atoms with van der Waals surface area (Å²) >= 11 is 2.07. The normalized spacial score (nSPS) is 10.6. The molecule has 0 saturated carbocycles. The molecule has 148 valence electrons. The average Bonchev–Trinajstić information content (AvgIpc) is 2.72.